The Kier molecular flexibility index (Phi) is 10.6. The van der Waals surface area contributed by atoms with Gasteiger partial charge in [-0.05, 0) is 97.7 Å². The molecule has 14 heteroatoms. The first-order valence-corrected chi connectivity index (χ1v) is 20.4. The van der Waals surface area contributed by atoms with Crippen molar-refractivity contribution in [1.82, 2.24) is 0 Å². The Morgan fingerprint density at radius 2 is 1.38 bits per heavy atom. The molecule has 0 aromatic carbocycles. The van der Waals surface area contributed by atoms with Crippen LogP contribution in [0.1, 0.15) is 85.5 Å². The zero-order chi connectivity index (χ0) is 37.8. The lowest BCUT2D eigenvalue weighted by molar-refractivity contribution is -0.338. The van der Waals surface area contributed by atoms with Crippen LogP contribution in [0.25, 0.3) is 0 Å². The summed E-state index contributed by atoms with van der Waals surface area (Å²) < 4.78 is 36.7. The van der Waals surface area contributed by atoms with E-state index in [2.05, 4.69) is 27.7 Å². The van der Waals surface area contributed by atoms with Gasteiger partial charge in [-0.3, -0.25) is 0 Å². The predicted octanol–water partition coefficient (Wildman–Crippen LogP) is 0.413. The smallest absolute Gasteiger partial charge is 0.186 e. The molecule has 304 valence electrons. The molecular weight excluding hydrogens is 692 g/mol. The number of aliphatic hydroxyl groups is 8. The van der Waals surface area contributed by atoms with Gasteiger partial charge in [0, 0.05) is 12.3 Å². The van der Waals surface area contributed by atoms with Gasteiger partial charge in [0.15, 0.2) is 18.4 Å². The average Bonchev–Trinajstić information content (AvgIpc) is 3.56. The molecule has 8 N–H and O–H groups in total. The molecule has 4 saturated carbocycles. The summed E-state index contributed by atoms with van der Waals surface area (Å²) >= 11 is 0. The van der Waals surface area contributed by atoms with Crippen molar-refractivity contribution in [3.63, 3.8) is 0 Å². The van der Waals surface area contributed by atoms with E-state index in [0.29, 0.717) is 48.3 Å². The monoisotopic (exact) mass is 756 g/mol. The topological polar surface area (TPSA) is 217 Å². The van der Waals surface area contributed by atoms with Gasteiger partial charge in [0.2, 0.25) is 0 Å². The van der Waals surface area contributed by atoms with E-state index >= 15 is 0 Å². The van der Waals surface area contributed by atoms with E-state index in [0.717, 1.165) is 51.6 Å². The van der Waals surface area contributed by atoms with Gasteiger partial charge >= 0.3 is 0 Å². The third kappa shape index (κ3) is 6.29. The van der Waals surface area contributed by atoms with Gasteiger partial charge in [-0.15, -0.1) is 0 Å². The molecule has 8 aliphatic rings. The van der Waals surface area contributed by atoms with E-state index in [-0.39, 0.29) is 29.0 Å². The molecule has 0 bridgehead atoms. The standard InChI is InChI=1S/C39H64O14/c1-17-7-10-49-39(14-17)18(2)28-25(53-39)13-22-20-12-24(41)23-11-19(5-8-37(23,3)21(20)6-9-38(22,28)4)50-36-34(47)32(45)30(43)27(52-36)16-48-35-33(46)31(44)29(42)26(15-40)51-35/h17-36,40-47H,5-16H2,1-4H3/t17-,18-,19+,20+,21-,22-,23-,24+,25-,26-,27+,28-,29-,30+,31+,32-,33+,34+,35-,36+,37+,38-,39-/m1/s1. The van der Waals surface area contributed by atoms with Gasteiger partial charge in [-0.2, -0.15) is 0 Å². The van der Waals surface area contributed by atoms with Crippen LogP contribution in [0.2, 0.25) is 0 Å². The number of ether oxygens (including phenoxy) is 6. The summed E-state index contributed by atoms with van der Waals surface area (Å²) in [4.78, 5) is 0. The molecule has 0 aromatic rings. The summed E-state index contributed by atoms with van der Waals surface area (Å²) in [6.45, 7) is 9.25. The first-order valence-electron chi connectivity index (χ1n) is 20.4. The van der Waals surface area contributed by atoms with Gasteiger partial charge in [0.25, 0.3) is 0 Å². The fourth-order valence-corrected chi connectivity index (χ4v) is 13.3. The summed E-state index contributed by atoms with van der Waals surface area (Å²) in [6.07, 6.45) is -7.20. The maximum Gasteiger partial charge on any atom is 0.186 e. The minimum Gasteiger partial charge on any atom is -0.394 e. The highest BCUT2D eigenvalue weighted by Crippen LogP contribution is 2.71. The molecule has 23 atom stereocenters. The third-order valence-corrected chi connectivity index (χ3v) is 16.2. The van der Waals surface area contributed by atoms with Crippen LogP contribution in [-0.4, -0.2) is 146 Å². The maximum absolute atomic E-state index is 11.9. The van der Waals surface area contributed by atoms with Crippen molar-refractivity contribution in [2.45, 2.75) is 171 Å². The predicted molar refractivity (Wildman–Crippen MR) is 184 cm³/mol. The van der Waals surface area contributed by atoms with Crippen LogP contribution in [-0.2, 0) is 28.4 Å². The summed E-state index contributed by atoms with van der Waals surface area (Å²) in [7, 11) is 0. The molecule has 8 rings (SSSR count). The SMILES string of the molecule is C[C@@H]1CCO[C@]2(C1)O[C@@H]1C[C@@H]3[C@H]4C[C@H](O)[C@H]5C[C@@H](O[C@H]6O[C@@H](CO[C@@H]7O[C@H](CO)[C@@H](O)[C@H](O)[C@@H]7O)[C@H](O)[C@@H](O)[C@@H]6O)CC[C@@]5(C)[C@@H]4CC[C@@]3(C)[C@@H]1[C@H]2C. The minimum atomic E-state index is -1.65. The molecule has 4 saturated heterocycles. The van der Waals surface area contributed by atoms with Crippen LogP contribution < -0.4 is 0 Å². The second-order valence-corrected chi connectivity index (χ2v) is 18.9. The van der Waals surface area contributed by atoms with E-state index < -0.39 is 86.5 Å². The molecule has 14 nitrogen and oxygen atoms in total. The number of aliphatic hydroxyl groups excluding tert-OH is 8. The number of fused-ring (bicyclic) bond motifs is 7. The Hall–Kier alpha value is -0.560. The van der Waals surface area contributed by atoms with Gasteiger partial charge < -0.3 is 69.3 Å². The Morgan fingerprint density at radius 1 is 0.698 bits per heavy atom. The van der Waals surface area contributed by atoms with E-state index in [9.17, 15) is 40.9 Å². The highest BCUT2D eigenvalue weighted by molar-refractivity contribution is 5.16. The van der Waals surface area contributed by atoms with Gasteiger partial charge in [-0.1, -0.05) is 27.7 Å². The fraction of sp³-hybridized carbons (Fsp3) is 1.00. The summed E-state index contributed by atoms with van der Waals surface area (Å²) in [5.74, 6) is 2.29. The van der Waals surface area contributed by atoms with Crippen LogP contribution in [0.5, 0.6) is 0 Å². The summed E-state index contributed by atoms with van der Waals surface area (Å²) in [5, 5.41) is 84.3. The lowest BCUT2D eigenvalue weighted by Gasteiger charge is -2.62. The van der Waals surface area contributed by atoms with Crippen LogP contribution in [0.3, 0.4) is 0 Å². The molecule has 0 aromatic heterocycles. The van der Waals surface area contributed by atoms with Gasteiger partial charge in [-0.25, -0.2) is 0 Å². The molecule has 4 heterocycles. The second kappa shape index (κ2) is 14.4. The molecule has 4 aliphatic heterocycles. The molecule has 1 spiro atoms. The van der Waals surface area contributed by atoms with Crippen molar-refractivity contribution < 1.29 is 69.3 Å². The van der Waals surface area contributed by atoms with E-state index in [1.54, 1.807) is 0 Å². The molecule has 8 fully saturated rings. The van der Waals surface area contributed by atoms with Crippen molar-refractivity contribution in [3.05, 3.63) is 0 Å². The molecule has 53 heavy (non-hydrogen) atoms. The molecule has 4 aliphatic carbocycles. The first kappa shape index (κ1) is 39.3. The Labute approximate surface area is 312 Å². The zero-order valence-corrected chi connectivity index (χ0v) is 31.6. The van der Waals surface area contributed by atoms with Crippen molar-refractivity contribution in [3.8, 4) is 0 Å². The van der Waals surface area contributed by atoms with Crippen LogP contribution in [0, 0.1) is 52.3 Å². The largest absolute Gasteiger partial charge is 0.394 e. The minimum absolute atomic E-state index is 0.00936. The normalized spacial score (nSPS) is 59.5. The van der Waals surface area contributed by atoms with Gasteiger partial charge in [0.05, 0.1) is 38.1 Å². The summed E-state index contributed by atoms with van der Waals surface area (Å²) in [6, 6.07) is 0. The first-order chi connectivity index (χ1) is 25.1. The summed E-state index contributed by atoms with van der Waals surface area (Å²) in [5.41, 5.74) is 0.0608. The number of hydrogen-bond donors (Lipinski definition) is 8. The van der Waals surface area contributed by atoms with Crippen LogP contribution in [0.4, 0.5) is 0 Å². The van der Waals surface area contributed by atoms with E-state index in [1.165, 1.54) is 0 Å². The van der Waals surface area contributed by atoms with E-state index in [1.807, 2.05) is 0 Å². The third-order valence-electron chi connectivity index (χ3n) is 16.2. The number of rotatable bonds is 6. The van der Waals surface area contributed by atoms with Crippen LogP contribution >= 0.6 is 0 Å². The lowest BCUT2D eigenvalue weighted by Crippen LogP contribution is -2.62. The van der Waals surface area contributed by atoms with Crippen molar-refractivity contribution in [2.75, 3.05) is 19.8 Å². The Bertz CT molecular complexity index is 1310. The maximum atomic E-state index is 11.9. The zero-order valence-electron chi connectivity index (χ0n) is 31.6. The van der Waals surface area contributed by atoms with E-state index in [4.69, 9.17) is 28.4 Å². The van der Waals surface area contributed by atoms with Gasteiger partial charge in [0.1, 0.15) is 48.8 Å². The molecule has 0 amide bonds. The average molecular weight is 757 g/mol. The molecular formula is C39H64O14. The molecule has 0 radical (unpaired) electrons. The molecule has 0 unspecified atom stereocenters. The second-order valence-electron chi connectivity index (χ2n) is 18.9. The lowest BCUT2D eigenvalue weighted by atomic mass is 9.43. The fourth-order valence-electron chi connectivity index (χ4n) is 13.3. The van der Waals surface area contributed by atoms with Crippen molar-refractivity contribution >= 4 is 0 Å². The Morgan fingerprint density at radius 3 is 2.09 bits per heavy atom. The Balaban J connectivity index is 0.908. The highest BCUT2D eigenvalue weighted by atomic mass is 16.7. The highest BCUT2D eigenvalue weighted by Gasteiger charge is 2.70. The quantitative estimate of drug-likeness (QED) is 0.173. The van der Waals surface area contributed by atoms with Crippen LogP contribution in [0.15, 0.2) is 0 Å². The van der Waals surface area contributed by atoms with Crippen molar-refractivity contribution in [2.24, 2.45) is 52.3 Å². The number of hydrogen-bond acceptors (Lipinski definition) is 14. The van der Waals surface area contributed by atoms with Crippen molar-refractivity contribution in [1.29, 1.82) is 0 Å².